The maximum Gasteiger partial charge on any atom is 0.326 e. The summed E-state index contributed by atoms with van der Waals surface area (Å²) in [5.74, 6) is -5.28. The van der Waals surface area contributed by atoms with Gasteiger partial charge in [-0.2, -0.15) is 0 Å². The third-order valence-electron chi connectivity index (χ3n) is 6.09. The van der Waals surface area contributed by atoms with Gasteiger partial charge in [0, 0.05) is 23.5 Å². The van der Waals surface area contributed by atoms with Gasteiger partial charge in [0.05, 0.1) is 12.5 Å². The van der Waals surface area contributed by atoms with Gasteiger partial charge in [-0.15, -0.1) is 0 Å². The van der Waals surface area contributed by atoms with Crippen molar-refractivity contribution in [1.82, 2.24) is 20.9 Å². The Morgan fingerprint density at radius 3 is 2.03 bits per heavy atom. The number of aromatic nitrogens is 1. The van der Waals surface area contributed by atoms with Crippen LogP contribution >= 0.6 is 0 Å². The minimum Gasteiger partial charge on any atom is -0.481 e. The fourth-order valence-corrected chi connectivity index (χ4v) is 3.92. The van der Waals surface area contributed by atoms with E-state index in [1.807, 2.05) is 24.3 Å². The zero-order valence-corrected chi connectivity index (χ0v) is 22.0. The molecule has 0 saturated carbocycles. The fourth-order valence-electron chi connectivity index (χ4n) is 3.92. The second kappa shape index (κ2) is 13.6. The lowest BCUT2D eigenvalue weighted by Crippen LogP contribution is -2.58. The van der Waals surface area contributed by atoms with Gasteiger partial charge in [-0.05, 0) is 29.9 Å². The van der Waals surface area contributed by atoms with Crippen LogP contribution in [-0.2, 0) is 30.4 Å². The quantitative estimate of drug-likeness (QED) is 0.185. The molecule has 0 fully saturated rings. The summed E-state index contributed by atoms with van der Waals surface area (Å²) >= 11 is 0. The molecule has 1 aromatic carbocycles. The predicted molar refractivity (Wildman–Crippen MR) is 140 cm³/mol. The maximum atomic E-state index is 13.4. The summed E-state index contributed by atoms with van der Waals surface area (Å²) < 4.78 is 0. The summed E-state index contributed by atoms with van der Waals surface area (Å²) in [6.07, 6.45) is 1.05. The van der Waals surface area contributed by atoms with Gasteiger partial charge < -0.3 is 36.9 Å². The Bertz CT molecular complexity index is 1160. The highest BCUT2D eigenvalue weighted by molar-refractivity contribution is 5.96. The molecule has 0 aliphatic heterocycles. The molecule has 0 aliphatic rings. The molecule has 0 aliphatic carbocycles. The zero-order chi connectivity index (χ0) is 28.6. The number of carboxylic acid groups (broad SMARTS) is 2. The number of fused-ring (bicyclic) bond motifs is 1. The van der Waals surface area contributed by atoms with E-state index >= 15 is 0 Å². The van der Waals surface area contributed by atoms with Crippen molar-refractivity contribution in [2.24, 2.45) is 17.6 Å². The van der Waals surface area contributed by atoms with Gasteiger partial charge in [-0.25, -0.2) is 4.79 Å². The third kappa shape index (κ3) is 8.58. The second-order valence-electron chi connectivity index (χ2n) is 10.1. The van der Waals surface area contributed by atoms with Gasteiger partial charge >= 0.3 is 11.9 Å². The number of nitrogens with two attached hydrogens (primary N) is 1. The van der Waals surface area contributed by atoms with Crippen LogP contribution in [0.2, 0.25) is 0 Å². The molecule has 4 unspecified atom stereocenters. The highest BCUT2D eigenvalue weighted by Gasteiger charge is 2.32. The molecular formula is C26H37N5O7. The number of amides is 3. The van der Waals surface area contributed by atoms with Crippen LogP contribution in [0.25, 0.3) is 10.9 Å². The summed E-state index contributed by atoms with van der Waals surface area (Å²) in [6, 6.07) is 2.43. The van der Waals surface area contributed by atoms with Gasteiger partial charge in [0.1, 0.15) is 18.1 Å². The molecule has 0 saturated heterocycles. The molecule has 12 heteroatoms. The number of carbonyl (C=O) groups excluding carboxylic acids is 3. The Morgan fingerprint density at radius 2 is 1.45 bits per heavy atom. The zero-order valence-electron chi connectivity index (χ0n) is 22.0. The van der Waals surface area contributed by atoms with Crippen molar-refractivity contribution in [2.45, 2.75) is 71.1 Å². The number of hydrogen-bond donors (Lipinski definition) is 7. The van der Waals surface area contributed by atoms with Crippen molar-refractivity contribution in [3.8, 4) is 0 Å². The number of aliphatic carboxylic acids is 2. The predicted octanol–water partition coefficient (Wildman–Crippen LogP) is 0.754. The molecule has 0 bridgehead atoms. The molecule has 4 atom stereocenters. The molecule has 2 aromatic rings. The monoisotopic (exact) mass is 531 g/mol. The molecule has 8 N–H and O–H groups in total. The number of nitrogens with one attached hydrogen (secondary N) is 4. The third-order valence-corrected chi connectivity index (χ3v) is 6.09. The van der Waals surface area contributed by atoms with Crippen LogP contribution in [0, 0.1) is 11.8 Å². The SMILES string of the molecule is CC(C)CC(NC(=O)C(CC(=O)O)NC(=O)C(Cc1c[nH]c2ccccc12)NC(=O)C(N)C(C)C)C(=O)O. The van der Waals surface area contributed by atoms with Crippen LogP contribution in [0.5, 0.6) is 0 Å². The van der Waals surface area contributed by atoms with Crippen molar-refractivity contribution in [1.29, 1.82) is 0 Å². The minimum atomic E-state index is -1.57. The van der Waals surface area contributed by atoms with E-state index in [9.17, 15) is 34.2 Å². The van der Waals surface area contributed by atoms with E-state index in [0.29, 0.717) is 5.56 Å². The van der Waals surface area contributed by atoms with Gasteiger partial charge in [0.2, 0.25) is 17.7 Å². The van der Waals surface area contributed by atoms with E-state index in [0.717, 1.165) is 10.9 Å². The highest BCUT2D eigenvalue weighted by atomic mass is 16.4. The van der Waals surface area contributed by atoms with Gasteiger partial charge in [-0.3, -0.25) is 19.2 Å². The van der Waals surface area contributed by atoms with Crippen LogP contribution in [0.3, 0.4) is 0 Å². The van der Waals surface area contributed by atoms with Gasteiger partial charge in [-0.1, -0.05) is 45.9 Å². The number of aromatic amines is 1. The number of para-hydroxylation sites is 1. The molecule has 1 heterocycles. The Morgan fingerprint density at radius 1 is 0.868 bits per heavy atom. The second-order valence-corrected chi connectivity index (χ2v) is 10.1. The molecule has 0 spiro atoms. The summed E-state index contributed by atoms with van der Waals surface area (Å²) in [5, 5.41) is 26.9. The Hall–Kier alpha value is -3.93. The standard InChI is InChI=1S/C26H37N5O7/c1-13(2)9-20(26(37)38)31-24(35)19(11-21(32)33)29-23(34)18(30-25(36)22(27)14(3)4)10-15-12-28-17-8-6-5-7-16(15)17/h5-8,12-14,18-20,22,28H,9-11,27H2,1-4H3,(H,29,34)(H,30,36)(H,31,35)(H,32,33)(H,37,38). The molecule has 2 rings (SSSR count). The smallest absolute Gasteiger partial charge is 0.326 e. The number of carboxylic acids is 2. The first kappa shape index (κ1) is 30.3. The largest absolute Gasteiger partial charge is 0.481 e. The molecular weight excluding hydrogens is 494 g/mol. The number of hydrogen-bond acceptors (Lipinski definition) is 6. The Kier molecular flexibility index (Phi) is 10.8. The summed E-state index contributed by atoms with van der Waals surface area (Å²) in [4.78, 5) is 65.1. The van der Waals surface area contributed by atoms with Crippen molar-refractivity contribution in [3.05, 3.63) is 36.0 Å². The molecule has 1 aromatic heterocycles. The summed E-state index contributed by atoms with van der Waals surface area (Å²) in [5.41, 5.74) is 7.49. The van der Waals surface area contributed by atoms with Crippen LogP contribution in [0.4, 0.5) is 0 Å². The Labute approximate surface area is 220 Å². The minimum absolute atomic E-state index is 0.0267. The van der Waals surface area contributed by atoms with E-state index in [1.54, 1.807) is 33.9 Å². The van der Waals surface area contributed by atoms with Gasteiger partial charge in [0.15, 0.2) is 0 Å². The number of rotatable bonds is 14. The maximum absolute atomic E-state index is 13.4. The van der Waals surface area contributed by atoms with E-state index in [-0.39, 0.29) is 24.7 Å². The first-order chi connectivity index (χ1) is 17.8. The molecule has 0 radical (unpaired) electrons. The van der Waals surface area contributed by atoms with Crippen molar-refractivity contribution >= 4 is 40.6 Å². The number of carbonyl (C=O) groups is 5. The van der Waals surface area contributed by atoms with Crippen LogP contribution in [-0.4, -0.2) is 69.0 Å². The Balaban J connectivity index is 2.31. The van der Waals surface area contributed by atoms with E-state index < -0.39 is 60.2 Å². The lowest BCUT2D eigenvalue weighted by molar-refractivity contribution is -0.144. The summed E-state index contributed by atoms with van der Waals surface area (Å²) in [6.45, 7) is 7.06. The van der Waals surface area contributed by atoms with Crippen LogP contribution in [0.15, 0.2) is 30.5 Å². The van der Waals surface area contributed by atoms with Crippen LogP contribution in [0.1, 0.15) is 46.1 Å². The molecule has 38 heavy (non-hydrogen) atoms. The molecule has 3 amide bonds. The lowest BCUT2D eigenvalue weighted by Gasteiger charge is -2.25. The average Bonchev–Trinajstić information content (AvgIpc) is 3.24. The molecule has 12 nitrogen and oxygen atoms in total. The average molecular weight is 532 g/mol. The first-order valence-corrected chi connectivity index (χ1v) is 12.5. The van der Waals surface area contributed by atoms with Crippen molar-refractivity contribution in [3.63, 3.8) is 0 Å². The van der Waals surface area contributed by atoms with Crippen molar-refractivity contribution < 1.29 is 34.2 Å². The summed E-state index contributed by atoms with van der Waals surface area (Å²) in [7, 11) is 0. The first-order valence-electron chi connectivity index (χ1n) is 12.5. The van der Waals surface area contributed by atoms with E-state index in [4.69, 9.17) is 5.73 Å². The number of H-pyrrole nitrogens is 1. The normalized spacial score (nSPS) is 14.5. The number of benzene rings is 1. The van der Waals surface area contributed by atoms with E-state index in [2.05, 4.69) is 20.9 Å². The van der Waals surface area contributed by atoms with Crippen molar-refractivity contribution in [2.75, 3.05) is 0 Å². The lowest BCUT2D eigenvalue weighted by atomic mass is 10.0. The highest BCUT2D eigenvalue weighted by Crippen LogP contribution is 2.19. The molecule has 208 valence electrons. The van der Waals surface area contributed by atoms with Crippen LogP contribution < -0.4 is 21.7 Å². The topological polar surface area (TPSA) is 204 Å². The van der Waals surface area contributed by atoms with E-state index in [1.165, 1.54) is 0 Å². The fraction of sp³-hybridized carbons (Fsp3) is 0.500. The van der Waals surface area contributed by atoms with Gasteiger partial charge in [0.25, 0.3) is 0 Å².